The zero-order chi connectivity index (χ0) is 14.5. The first kappa shape index (κ1) is 15.1. The summed E-state index contributed by atoms with van der Waals surface area (Å²) in [7, 11) is 1.53. The van der Waals surface area contributed by atoms with Crippen molar-refractivity contribution in [1.82, 2.24) is 4.90 Å². The van der Waals surface area contributed by atoms with E-state index in [9.17, 15) is 4.79 Å². The third kappa shape index (κ3) is 3.44. The van der Waals surface area contributed by atoms with Gasteiger partial charge in [-0.3, -0.25) is 4.79 Å². The van der Waals surface area contributed by atoms with Crippen molar-refractivity contribution in [2.24, 2.45) is 5.92 Å². The molecule has 1 amide bonds. The van der Waals surface area contributed by atoms with Crippen molar-refractivity contribution in [3.05, 3.63) is 28.8 Å². The van der Waals surface area contributed by atoms with E-state index in [4.69, 9.17) is 21.4 Å². The molecule has 0 saturated carbocycles. The van der Waals surface area contributed by atoms with Crippen molar-refractivity contribution in [2.75, 3.05) is 26.8 Å². The largest absolute Gasteiger partial charge is 0.496 e. The Bertz CT molecular complexity index is 476. The molecule has 1 unspecified atom stereocenters. The van der Waals surface area contributed by atoms with Gasteiger partial charge in [-0.1, -0.05) is 11.6 Å². The lowest BCUT2D eigenvalue weighted by Gasteiger charge is -2.32. The molecule has 2 rings (SSSR count). The van der Waals surface area contributed by atoms with Crippen LogP contribution in [0.2, 0.25) is 5.02 Å². The molecule has 0 radical (unpaired) electrons. The van der Waals surface area contributed by atoms with Gasteiger partial charge in [-0.15, -0.1) is 0 Å². The third-order valence-electron chi connectivity index (χ3n) is 3.74. The maximum absolute atomic E-state index is 12.6. The highest BCUT2D eigenvalue weighted by molar-refractivity contribution is 6.30. The first-order valence-electron chi connectivity index (χ1n) is 6.89. The van der Waals surface area contributed by atoms with Gasteiger partial charge in [-0.25, -0.2) is 0 Å². The molecule has 110 valence electrons. The highest BCUT2D eigenvalue weighted by atomic mass is 35.5. The van der Waals surface area contributed by atoms with E-state index in [-0.39, 0.29) is 12.5 Å². The molecule has 1 aliphatic heterocycles. The smallest absolute Gasteiger partial charge is 0.257 e. The fourth-order valence-corrected chi connectivity index (χ4v) is 2.84. The van der Waals surface area contributed by atoms with E-state index in [1.165, 1.54) is 7.11 Å². The van der Waals surface area contributed by atoms with E-state index in [2.05, 4.69) is 0 Å². The quantitative estimate of drug-likeness (QED) is 0.929. The van der Waals surface area contributed by atoms with Gasteiger partial charge in [0.15, 0.2) is 0 Å². The number of halogens is 1. The Morgan fingerprint density at radius 2 is 2.35 bits per heavy atom. The number of ether oxygens (including phenoxy) is 1. The second kappa shape index (κ2) is 6.95. The van der Waals surface area contributed by atoms with Crippen molar-refractivity contribution in [2.45, 2.75) is 19.3 Å². The molecule has 1 aliphatic rings. The summed E-state index contributed by atoms with van der Waals surface area (Å²) in [6.45, 7) is 1.63. The molecule has 20 heavy (non-hydrogen) atoms. The minimum Gasteiger partial charge on any atom is -0.496 e. The minimum absolute atomic E-state index is 0.0267. The number of nitrogens with zero attached hydrogens (tertiary/aromatic N) is 1. The number of aliphatic hydroxyl groups is 1. The SMILES string of the molecule is COc1cc(Cl)ccc1C(=O)N1CCCC(CCO)C1. The molecule has 0 aliphatic carbocycles. The number of carbonyl (C=O) groups is 1. The molecule has 0 aromatic heterocycles. The number of hydrogen-bond donors (Lipinski definition) is 1. The zero-order valence-electron chi connectivity index (χ0n) is 11.6. The summed E-state index contributed by atoms with van der Waals surface area (Å²) >= 11 is 5.92. The van der Waals surface area contributed by atoms with Crippen LogP contribution in [0.1, 0.15) is 29.6 Å². The Morgan fingerprint density at radius 1 is 1.55 bits per heavy atom. The number of piperidine rings is 1. The second-order valence-electron chi connectivity index (χ2n) is 5.12. The number of benzene rings is 1. The van der Waals surface area contributed by atoms with Gasteiger partial charge in [0.1, 0.15) is 5.75 Å². The van der Waals surface area contributed by atoms with Gasteiger partial charge in [0.25, 0.3) is 5.91 Å². The third-order valence-corrected chi connectivity index (χ3v) is 3.97. The summed E-state index contributed by atoms with van der Waals surface area (Å²) in [5.41, 5.74) is 0.543. The van der Waals surface area contributed by atoms with Crippen LogP contribution in [0.15, 0.2) is 18.2 Å². The summed E-state index contributed by atoms with van der Waals surface area (Å²) in [4.78, 5) is 14.4. The standard InChI is InChI=1S/C15H20ClNO3/c1-20-14-9-12(16)4-5-13(14)15(19)17-7-2-3-11(10-17)6-8-18/h4-5,9,11,18H,2-3,6-8,10H2,1H3. The highest BCUT2D eigenvalue weighted by Crippen LogP contribution is 2.27. The maximum Gasteiger partial charge on any atom is 0.257 e. The molecule has 1 heterocycles. The molecule has 4 nitrogen and oxygen atoms in total. The second-order valence-corrected chi connectivity index (χ2v) is 5.55. The Balaban J connectivity index is 2.14. The number of hydrogen-bond acceptors (Lipinski definition) is 3. The van der Waals surface area contributed by atoms with E-state index in [0.29, 0.717) is 28.8 Å². The molecule has 0 spiro atoms. The van der Waals surface area contributed by atoms with E-state index < -0.39 is 0 Å². The molecule has 1 fully saturated rings. The summed E-state index contributed by atoms with van der Waals surface area (Å²) in [5, 5.41) is 9.59. The normalized spacial score (nSPS) is 18.9. The minimum atomic E-state index is -0.0267. The number of methoxy groups -OCH3 is 1. The van der Waals surface area contributed by atoms with Crippen LogP contribution >= 0.6 is 11.6 Å². The van der Waals surface area contributed by atoms with Crippen molar-refractivity contribution >= 4 is 17.5 Å². The van der Waals surface area contributed by atoms with E-state index in [1.807, 2.05) is 4.90 Å². The van der Waals surface area contributed by atoms with Crippen molar-refractivity contribution in [1.29, 1.82) is 0 Å². The van der Waals surface area contributed by atoms with Crippen LogP contribution in [0, 0.1) is 5.92 Å². The van der Waals surface area contributed by atoms with Gasteiger partial charge < -0.3 is 14.7 Å². The van der Waals surface area contributed by atoms with E-state index in [1.54, 1.807) is 18.2 Å². The fraction of sp³-hybridized carbons (Fsp3) is 0.533. The Morgan fingerprint density at radius 3 is 3.05 bits per heavy atom. The first-order chi connectivity index (χ1) is 9.65. The van der Waals surface area contributed by atoms with Gasteiger partial charge in [0.05, 0.1) is 12.7 Å². The lowest BCUT2D eigenvalue weighted by atomic mass is 9.94. The van der Waals surface area contributed by atoms with Gasteiger partial charge in [0.2, 0.25) is 0 Å². The van der Waals surface area contributed by atoms with E-state index in [0.717, 1.165) is 25.8 Å². The van der Waals surface area contributed by atoms with Crippen LogP contribution in [0.5, 0.6) is 5.75 Å². The molecule has 1 atom stereocenters. The number of aliphatic hydroxyl groups excluding tert-OH is 1. The molecule has 0 bridgehead atoms. The lowest BCUT2D eigenvalue weighted by molar-refractivity contribution is 0.0650. The molecule has 1 aromatic rings. The molecule has 1 N–H and O–H groups in total. The van der Waals surface area contributed by atoms with E-state index >= 15 is 0 Å². The maximum atomic E-state index is 12.6. The lowest BCUT2D eigenvalue weighted by Crippen LogP contribution is -2.40. The van der Waals surface area contributed by atoms with Crippen LogP contribution in [0.25, 0.3) is 0 Å². The number of rotatable bonds is 4. The first-order valence-corrected chi connectivity index (χ1v) is 7.27. The predicted molar refractivity (Wildman–Crippen MR) is 78.3 cm³/mol. The van der Waals surface area contributed by atoms with Crippen molar-refractivity contribution < 1.29 is 14.6 Å². The number of likely N-dealkylation sites (tertiary alicyclic amines) is 1. The Labute approximate surface area is 124 Å². The summed E-state index contributed by atoms with van der Waals surface area (Å²) in [6, 6.07) is 5.07. The average molecular weight is 298 g/mol. The summed E-state index contributed by atoms with van der Waals surface area (Å²) in [5.74, 6) is 0.865. The van der Waals surface area contributed by atoms with Gasteiger partial charge in [-0.2, -0.15) is 0 Å². The van der Waals surface area contributed by atoms with Gasteiger partial charge >= 0.3 is 0 Å². The molecular formula is C15H20ClNO3. The predicted octanol–water partition coefficient (Wildman–Crippen LogP) is 2.58. The van der Waals surface area contributed by atoms with Crippen LogP contribution in [0.3, 0.4) is 0 Å². The van der Waals surface area contributed by atoms with Crippen LogP contribution in [-0.4, -0.2) is 42.7 Å². The zero-order valence-corrected chi connectivity index (χ0v) is 12.4. The van der Waals surface area contributed by atoms with Crippen LogP contribution in [0.4, 0.5) is 0 Å². The number of carbonyl (C=O) groups excluding carboxylic acids is 1. The monoisotopic (exact) mass is 297 g/mol. The highest BCUT2D eigenvalue weighted by Gasteiger charge is 2.25. The molecule has 1 saturated heterocycles. The topological polar surface area (TPSA) is 49.8 Å². The average Bonchev–Trinajstić information content (AvgIpc) is 2.47. The number of amides is 1. The van der Waals surface area contributed by atoms with Gasteiger partial charge in [0, 0.05) is 24.7 Å². The van der Waals surface area contributed by atoms with Gasteiger partial charge in [-0.05, 0) is 43.4 Å². The molecule has 1 aromatic carbocycles. The van der Waals surface area contributed by atoms with Crippen molar-refractivity contribution in [3.8, 4) is 5.75 Å². The Kier molecular flexibility index (Phi) is 5.26. The summed E-state index contributed by atoms with van der Waals surface area (Å²) in [6.07, 6.45) is 2.80. The summed E-state index contributed by atoms with van der Waals surface area (Å²) < 4.78 is 5.24. The molecular weight excluding hydrogens is 278 g/mol. The van der Waals surface area contributed by atoms with Crippen molar-refractivity contribution in [3.63, 3.8) is 0 Å². The fourth-order valence-electron chi connectivity index (χ4n) is 2.68. The van der Waals surface area contributed by atoms with Crippen LogP contribution in [-0.2, 0) is 0 Å². The van der Waals surface area contributed by atoms with Crippen LogP contribution < -0.4 is 4.74 Å². The Hall–Kier alpha value is -1.26. The molecule has 5 heteroatoms.